The molecular formula is C44H58I2O2V2. The predicted octanol–water partition coefficient (Wildman–Crippen LogP) is 12.0. The van der Waals surface area contributed by atoms with Gasteiger partial charge in [-0.15, -0.1) is 6.42 Å². The number of Topliss-reactive ketones (excluding diaryl/α,β-unsaturated/α-hetero) is 1. The standard InChI is InChI=1S/C23H30O.C21H28O.2HI.2V/c1-5-22-12-11-19-18-9-7-15(3)13-17(18)8-10-20(19)21(22)14-16(4)23(22,24)6-2;1-4-21-10-9-17-16-7-5-13(2)11-15(16)6-8-18(17)19(21)12-14(3)20(21)22;;;;/h2,8,13,18-21,24H,4-5,7,9-12,14H2,1,3H3;6,11,16-19H,3-5,7-10,12H2,1-2H3;2*1H;;/q;;;;;+2/p-2/t18?,19-,20-,21+,22+,23+;16?,17-,18-,19+,21+;;;;/m11..../s1. The molecule has 2 unspecified atom stereocenters. The van der Waals surface area contributed by atoms with Crippen LogP contribution in [0.2, 0.25) is 0 Å². The second-order valence-electron chi connectivity index (χ2n) is 17.0. The summed E-state index contributed by atoms with van der Waals surface area (Å²) in [4.78, 5) is 12.8. The van der Waals surface area contributed by atoms with Crippen LogP contribution in [0.25, 0.3) is 0 Å². The van der Waals surface area contributed by atoms with Crippen molar-refractivity contribution in [1.29, 1.82) is 0 Å². The molecule has 11 atom stereocenters. The molecule has 0 aromatic rings. The zero-order valence-electron chi connectivity index (χ0n) is 30.8. The molecule has 4 saturated carbocycles. The summed E-state index contributed by atoms with van der Waals surface area (Å²) in [6.45, 7) is 17.3. The monoisotopic (exact) mass is 974 g/mol. The van der Waals surface area contributed by atoms with Crippen molar-refractivity contribution in [2.45, 2.75) is 123 Å². The molecule has 0 aromatic carbocycles. The minimum atomic E-state index is -1.09. The Labute approximate surface area is 344 Å². The van der Waals surface area contributed by atoms with Crippen molar-refractivity contribution in [2.75, 3.05) is 0 Å². The van der Waals surface area contributed by atoms with E-state index in [1.807, 2.05) is 0 Å². The molecule has 1 radical (unpaired) electrons. The number of rotatable bonds is 2. The molecule has 0 saturated heterocycles. The van der Waals surface area contributed by atoms with E-state index in [1.165, 1.54) is 50.5 Å². The average molecular weight is 975 g/mol. The third-order valence-corrected chi connectivity index (χ3v) is 15.5. The Morgan fingerprint density at radius 1 is 0.860 bits per heavy atom. The number of hydrogen-bond acceptors (Lipinski definition) is 2. The Morgan fingerprint density at radius 3 is 1.88 bits per heavy atom. The Balaban J connectivity index is 0.000000178. The van der Waals surface area contributed by atoms with E-state index < -0.39 is 5.60 Å². The third kappa shape index (κ3) is 6.76. The molecule has 8 aliphatic rings. The molecule has 0 bridgehead atoms. The molecule has 8 aliphatic carbocycles. The zero-order chi connectivity index (χ0) is 35.3. The molecule has 8 rings (SSSR count). The van der Waals surface area contributed by atoms with E-state index in [9.17, 15) is 9.90 Å². The largest absolute Gasteiger partial charge is 0 e. The van der Waals surface area contributed by atoms with Crippen LogP contribution in [-0.4, -0.2) is 16.5 Å². The van der Waals surface area contributed by atoms with E-state index in [-0.39, 0.29) is 29.4 Å². The van der Waals surface area contributed by atoms with Crippen LogP contribution in [-0.2, 0) is 32.8 Å². The van der Waals surface area contributed by atoms with Gasteiger partial charge in [-0.05, 0) is 173 Å². The summed E-state index contributed by atoms with van der Waals surface area (Å²) in [5, 5.41) is 11.3. The van der Waals surface area contributed by atoms with Crippen molar-refractivity contribution in [3.63, 3.8) is 0 Å². The summed E-state index contributed by atoms with van der Waals surface area (Å²) in [5.41, 5.74) is 6.80. The van der Waals surface area contributed by atoms with Gasteiger partial charge in [-0.1, -0.05) is 68.4 Å². The number of carbonyl (C=O) groups excluding carboxylic acids is 1. The predicted molar refractivity (Wildman–Crippen MR) is 218 cm³/mol. The first-order valence-electron chi connectivity index (χ1n) is 19.2. The van der Waals surface area contributed by atoms with Gasteiger partial charge < -0.3 is 5.11 Å². The third-order valence-electron chi connectivity index (χ3n) is 15.5. The fourth-order valence-corrected chi connectivity index (χ4v) is 13.1. The fourth-order valence-electron chi connectivity index (χ4n) is 13.1. The van der Waals surface area contributed by atoms with E-state index in [0.717, 1.165) is 85.7 Å². The molecule has 4 fully saturated rings. The minimum Gasteiger partial charge on any atom is 0 e. The fraction of sp³-hybridized carbons (Fsp3) is 0.659. The number of aliphatic hydroxyl groups is 1. The van der Waals surface area contributed by atoms with Crippen LogP contribution in [0.4, 0.5) is 0 Å². The summed E-state index contributed by atoms with van der Waals surface area (Å²) >= 11 is 4.74. The van der Waals surface area contributed by atoms with Gasteiger partial charge in [0.15, 0.2) is 11.4 Å². The van der Waals surface area contributed by atoms with Crippen molar-refractivity contribution in [3.8, 4) is 12.3 Å². The van der Waals surface area contributed by atoms with E-state index >= 15 is 0 Å². The van der Waals surface area contributed by atoms with Gasteiger partial charge in [-0.2, -0.15) is 0 Å². The molecular weight excluding hydrogens is 916 g/mol. The first-order chi connectivity index (χ1) is 23.4. The molecule has 6 heteroatoms. The van der Waals surface area contributed by atoms with Crippen molar-refractivity contribution in [3.05, 3.63) is 70.9 Å². The van der Waals surface area contributed by atoms with Crippen molar-refractivity contribution >= 4 is 45.7 Å². The topological polar surface area (TPSA) is 37.3 Å². The first-order valence-corrected chi connectivity index (χ1v) is 28.2. The van der Waals surface area contributed by atoms with Crippen LogP contribution in [0.5, 0.6) is 0 Å². The molecule has 0 amide bonds. The quantitative estimate of drug-likeness (QED) is 0.130. The Hall–Kier alpha value is 0.259. The summed E-state index contributed by atoms with van der Waals surface area (Å²) in [5.74, 6) is 8.71. The van der Waals surface area contributed by atoms with Crippen molar-refractivity contribution < 1.29 is 37.9 Å². The maximum atomic E-state index is 12.8. The van der Waals surface area contributed by atoms with Crippen LogP contribution in [0.3, 0.4) is 0 Å². The van der Waals surface area contributed by atoms with Gasteiger partial charge in [0.2, 0.25) is 0 Å². The van der Waals surface area contributed by atoms with Crippen molar-refractivity contribution in [2.24, 2.45) is 58.2 Å². The van der Waals surface area contributed by atoms with Gasteiger partial charge in [0.1, 0.15) is 0 Å². The molecule has 0 spiro atoms. The molecule has 2 nitrogen and oxygen atoms in total. The molecule has 0 aromatic heterocycles. The summed E-state index contributed by atoms with van der Waals surface area (Å²) in [6.07, 6.45) is 31.7. The molecule has 1 N–H and O–H groups in total. The van der Waals surface area contributed by atoms with Crippen LogP contribution < -0.4 is 0 Å². The minimum absolute atomic E-state index is 0. The van der Waals surface area contributed by atoms with Gasteiger partial charge in [0.25, 0.3) is 0 Å². The van der Waals surface area contributed by atoms with Crippen LogP contribution >= 0.6 is 40.0 Å². The molecule has 50 heavy (non-hydrogen) atoms. The number of fused-ring (bicyclic) bond motifs is 10. The molecule has 0 aliphatic heterocycles. The average Bonchev–Trinajstić information content (AvgIpc) is 3.50. The maximum Gasteiger partial charge on any atom is 0 e. The summed E-state index contributed by atoms with van der Waals surface area (Å²) in [6, 6.07) is 0. The number of terminal acetylenes is 1. The van der Waals surface area contributed by atoms with E-state index in [4.69, 9.17) is 6.42 Å². The van der Waals surface area contributed by atoms with E-state index in [0.29, 0.717) is 33.0 Å². The molecule has 270 valence electrons. The first kappa shape index (κ1) is 41.4. The second kappa shape index (κ2) is 16.5. The smallest absolute Gasteiger partial charge is 0 e. The van der Waals surface area contributed by atoms with Gasteiger partial charge in [-0.3, -0.25) is 4.79 Å². The number of halogens is 2. The zero-order valence-corrected chi connectivity index (χ0v) is 37.9. The molecule has 0 heterocycles. The number of hydrogen-bond donors (Lipinski definition) is 1. The maximum absolute atomic E-state index is 12.8. The Morgan fingerprint density at radius 2 is 1.38 bits per heavy atom. The second-order valence-corrected chi connectivity index (χ2v) is 28.8. The van der Waals surface area contributed by atoms with Gasteiger partial charge in [-0.25, -0.2) is 0 Å². The number of ketones is 1. The number of carbonyl (C=O) groups is 1. The van der Waals surface area contributed by atoms with Crippen LogP contribution in [0, 0.1) is 70.5 Å². The number of allylic oxidation sites excluding steroid dienone is 9. The van der Waals surface area contributed by atoms with Gasteiger partial charge in [0, 0.05) is 29.4 Å². The van der Waals surface area contributed by atoms with Crippen LogP contribution in [0.1, 0.15) is 118 Å². The SMILES string of the molecule is C#C[C@]1(O)C(=C)C[C@H]2[C@@H]3CC=C4C=C(C)CCC4[C@H]3CC[C@@]21CC.C=C1C[C@H]2[C@@H]3CC=C4C=C(C)CCC4[C@H]3CC[C@]2(CC)C1=O.[I][V][I].[V]. The summed E-state index contributed by atoms with van der Waals surface area (Å²) in [7, 11) is 0.628. The van der Waals surface area contributed by atoms with E-state index in [1.54, 1.807) is 16.7 Å². The van der Waals surface area contributed by atoms with Gasteiger partial charge in [0.05, 0.1) is 0 Å². The Bertz CT molecular complexity index is 1530. The summed E-state index contributed by atoms with van der Waals surface area (Å²) < 4.78 is 0. The van der Waals surface area contributed by atoms with Crippen molar-refractivity contribution in [1.82, 2.24) is 0 Å². The van der Waals surface area contributed by atoms with Crippen LogP contribution in [0.15, 0.2) is 70.9 Å². The van der Waals surface area contributed by atoms with Gasteiger partial charge >= 0.3 is 49.4 Å². The Kier molecular flexibility index (Phi) is 13.7. The van der Waals surface area contributed by atoms with E-state index in [2.05, 4.69) is 111 Å². The normalized spacial score (nSPS) is 42.2.